The molecular formula is C22H18F2N4O4S. The standard InChI is InChI=1S/C22H18F2N4O4S/c1-12-10-25-27(11-14-8-15(23)3-7-18(14)24)20(12)26-21(29)13-2-6-17-19(9-13)33(31,32)28(22(17)30)16-4-5-16/h2-3,6-10,16H,4-5,11H2,1H3,(H,26,29). The topological polar surface area (TPSA) is 101 Å². The Morgan fingerprint density at radius 2 is 1.94 bits per heavy atom. The number of benzene rings is 2. The molecule has 5 rings (SSSR count). The van der Waals surface area contributed by atoms with Crippen LogP contribution in [-0.2, 0) is 16.6 Å². The highest BCUT2D eigenvalue weighted by atomic mass is 32.2. The van der Waals surface area contributed by atoms with E-state index in [1.807, 2.05) is 0 Å². The van der Waals surface area contributed by atoms with Crippen molar-refractivity contribution in [1.29, 1.82) is 0 Å². The number of anilines is 1. The molecule has 0 unspecified atom stereocenters. The van der Waals surface area contributed by atoms with Gasteiger partial charge in [-0.1, -0.05) is 0 Å². The summed E-state index contributed by atoms with van der Waals surface area (Å²) in [5.74, 6) is -2.17. The number of halogens is 2. The molecule has 1 saturated carbocycles. The molecule has 1 aromatic heterocycles. The number of nitrogens with one attached hydrogen (secondary N) is 1. The van der Waals surface area contributed by atoms with Crippen molar-refractivity contribution in [2.45, 2.75) is 37.2 Å². The van der Waals surface area contributed by atoms with Gasteiger partial charge in [-0.3, -0.25) is 9.59 Å². The summed E-state index contributed by atoms with van der Waals surface area (Å²) in [6, 6.07) is 6.63. The van der Waals surface area contributed by atoms with Crippen molar-refractivity contribution in [2.75, 3.05) is 5.32 Å². The molecule has 1 aliphatic heterocycles. The van der Waals surface area contributed by atoms with Gasteiger partial charge in [-0.25, -0.2) is 26.2 Å². The molecule has 0 radical (unpaired) electrons. The fraction of sp³-hybridized carbons (Fsp3) is 0.227. The normalized spacial score (nSPS) is 16.7. The second-order valence-electron chi connectivity index (χ2n) is 8.07. The molecule has 0 atom stereocenters. The predicted molar refractivity (Wildman–Crippen MR) is 113 cm³/mol. The van der Waals surface area contributed by atoms with Gasteiger partial charge >= 0.3 is 0 Å². The highest BCUT2D eigenvalue weighted by Crippen LogP contribution is 2.39. The number of amides is 2. The summed E-state index contributed by atoms with van der Waals surface area (Å²) in [4.78, 5) is 25.3. The Morgan fingerprint density at radius 1 is 1.18 bits per heavy atom. The monoisotopic (exact) mass is 472 g/mol. The number of carbonyl (C=O) groups excluding carboxylic acids is 2. The van der Waals surface area contributed by atoms with Crippen molar-refractivity contribution < 1.29 is 26.8 Å². The summed E-state index contributed by atoms with van der Waals surface area (Å²) in [5.41, 5.74) is 0.702. The van der Waals surface area contributed by atoms with E-state index in [1.54, 1.807) is 6.92 Å². The molecule has 33 heavy (non-hydrogen) atoms. The zero-order valence-corrected chi connectivity index (χ0v) is 18.2. The first-order chi connectivity index (χ1) is 15.7. The number of fused-ring (bicyclic) bond motifs is 1. The molecule has 0 saturated heterocycles. The maximum Gasteiger partial charge on any atom is 0.269 e. The van der Waals surface area contributed by atoms with Crippen molar-refractivity contribution in [2.24, 2.45) is 0 Å². The number of hydrogen-bond donors (Lipinski definition) is 1. The Morgan fingerprint density at radius 3 is 2.67 bits per heavy atom. The predicted octanol–water partition coefficient (Wildman–Crippen LogP) is 3.08. The summed E-state index contributed by atoms with van der Waals surface area (Å²) < 4.78 is 55.5. The van der Waals surface area contributed by atoms with Crippen molar-refractivity contribution in [3.05, 3.63) is 76.5 Å². The molecule has 0 spiro atoms. The molecule has 2 amide bonds. The molecule has 2 aromatic carbocycles. The molecule has 11 heteroatoms. The van der Waals surface area contributed by atoms with Crippen LogP contribution in [-0.4, -0.2) is 40.4 Å². The molecular weight excluding hydrogens is 454 g/mol. The lowest BCUT2D eigenvalue weighted by Crippen LogP contribution is -2.31. The van der Waals surface area contributed by atoms with Crippen LogP contribution in [0.4, 0.5) is 14.6 Å². The fourth-order valence-corrected chi connectivity index (χ4v) is 5.67. The van der Waals surface area contributed by atoms with Crippen molar-refractivity contribution in [3.8, 4) is 0 Å². The van der Waals surface area contributed by atoms with Crippen LogP contribution in [0.3, 0.4) is 0 Å². The van der Waals surface area contributed by atoms with Crippen LogP contribution in [0.25, 0.3) is 0 Å². The number of sulfonamides is 1. The summed E-state index contributed by atoms with van der Waals surface area (Å²) in [6.07, 6.45) is 2.72. The third-order valence-electron chi connectivity index (χ3n) is 5.67. The Kier molecular flexibility index (Phi) is 4.82. The second-order valence-corrected chi connectivity index (χ2v) is 9.86. The Balaban J connectivity index is 1.43. The Labute approximate surface area is 187 Å². The second kappa shape index (κ2) is 7.48. The van der Waals surface area contributed by atoms with Crippen LogP contribution in [0.5, 0.6) is 0 Å². The van der Waals surface area contributed by atoms with Crippen LogP contribution < -0.4 is 5.32 Å². The molecule has 0 bridgehead atoms. The van der Waals surface area contributed by atoms with Gasteiger partial charge in [0, 0.05) is 22.7 Å². The average molecular weight is 472 g/mol. The van der Waals surface area contributed by atoms with Gasteiger partial charge in [0.05, 0.1) is 18.3 Å². The molecule has 3 aromatic rings. The van der Waals surface area contributed by atoms with Crippen LogP contribution in [0.2, 0.25) is 0 Å². The summed E-state index contributed by atoms with van der Waals surface area (Å²) >= 11 is 0. The first-order valence-electron chi connectivity index (χ1n) is 10.2. The number of hydrogen-bond acceptors (Lipinski definition) is 5. The smallest absolute Gasteiger partial charge is 0.269 e. The van der Waals surface area contributed by atoms with E-state index >= 15 is 0 Å². The van der Waals surface area contributed by atoms with Gasteiger partial charge in [0.2, 0.25) is 0 Å². The number of aromatic nitrogens is 2. The largest absolute Gasteiger partial charge is 0.307 e. The van der Waals surface area contributed by atoms with E-state index in [0.29, 0.717) is 18.4 Å². The third kappa shape index (κ3) is 3.58. The fourth-order valence-electron chi connectivity index (χ4n) is 3.83. The summed E-state index contributed by atoms with van der Waals surface area (Å²) in [7, 11) is -4.01. The first kappa shape index (κ1) is 21.3. The average Bonchev–Trinajstić information content (AvgIpc) is 3.51. The molecule has 2 aliphatic rings. The van der Waals surface area contributed by atoms with Crippen molar-refractivity contribution >= 4 is 27.7 Å². The lowest BCUT2D eigenvalue weighted by atomic mass is 10.1. The molecule has 170 valence electrons. The SMILES string of the molecule is Cc1cnn(Cc2cc(F)ccc2F)c1NC(=O)c1ccc2c(c1)S(=O)(=O)N(C1CC1)C2=O. The van der Waals surface area contributed by atoms with E-state index in [0.717, 1.165) is 22.5 Å². The van der Waals surface area contributed by atoms with Crippen molar-refractivity contribution in [1.82, 2.24) is 14.1 Å². The zero-order chi connectivity index (χ0) is 23.5. The van der Waals surface area contributed by atoms with E-state index in [2.05, 4.69) is 10.4 Å². The van der Waals surface area contributed by atoms with Gasteiger partial charge in [0.25, 0.3) is 21.8 Å². The Bertz CT molecular complexity index is 1430. The van der Waals surface area contributed by atoms with Crippen molar-refractivity contribution in [3.63, 3.8) is 0 Å². The quantitative estimate of drug-likeness (QED) is 0.615. The zero-order valence-electron chi connectivity index (χ0n) is 17.4. The Hall–Kier alpha value is -3.60. The molecule has 8 nitrogen and oxygen atoms in total. The highest BCUT2D eigenvalue weighted by Gasteiger charge is 2.48. The summed E-state index contributed by atoms with van der Waals surface area (Å²) in [6.45, 7) is 1.55. The van der Waals surface area contributed by atoms with E-state index in [-0.39, 0.29) is 40.0 Å². The van der Waals surface area contributed by atoms with Gasteiger partial charge in [0.15, 0.2) is 0 Å². The molecule has 1 aliphatic carbocycles. The maximum atomic E-state index is 14.1. The minimum absolute atomic E-state index is 0.0341. The van der Waals surface area contributed by atoms with Crippen LogP contribution in [0, 0.1) is 18.6 Å². The minimum Gasteiger partial charge on any atom is -0.307 e. The molecule has 2 heterocycles. The molecule has 1 N–H and O–H groups in total. The van der Waals surface area contributed by atoms with Gasteiger partial charge in [-0.15, -0.1) is 0 Å². The van der Waals surface area contributed by atoms with Gasteiger partial charge in [-0.2, -0.15) is 5.10 Å². The van der Waals surface area contributed by atoms with Gasteiger partial charge in [0.1, 0.15) is 22.3 Å². The maximum absolute atomic E-state index is 14.1. The number of rotatable bonds is 5. The number of nitrogens with zero attached hydrogens (tertiary/aromatic N) is 3. The van der Waals surface area contributed by atoms with Gasteiger partial charge in [-0.05, 0) is 56.2 Å². The van der Waals surface area contributed by atoms with E-state index < -0.39 is 33.5 Å². The lowest BCUT2D eigenvalue weighted by molar-refractivity contribution is 0.0864. The van der Waals surface area contributed by atoms with Crippen LogP contribution in [0.15, 0.2) is 47.5 Å². The number of aryl methyl sites for hydroxylation is 1. The van der Waals surface area contributed by atoms with E-state index in [1.165, 1.54) is 29.1 Å². The van der Waals surface area contributed by atoms with E-state index in [9.17, 15) is 26.8 Å². The lowest BCUT2D eigenvalue weighted by Gasteiger charge is -2.13. The summed E-state index contributed by atoms with van der Waals surface area (Å²) in [5, 5.41) is 6.78. The number of carbonyl (C=O) groups is 2. The van der Waals surface area contributed by atoms with E-state index in [4.69, 9.17) is 0 Å². The first-order valence-corrected chi connectivity index (χ1v) is 11.6. The minimum atomic E-state index is -4.01. The molecule has 1 fully saturated rings. The van der Waals surface area contributed by atoms with Crippen LogP contribution >= 0.6 is 0 Å². The van der Waals surface area contributed by atoms with Gasteiger partial charge < -0.3 is 5.32 Å². The van der Waals surface area contributed by atoms with Crippen LogP contribution in [0.1, 0.15) is 44.7 Å². The highest BCUT2D eigenvalue weighted by molar-refractivity contribution is 7.90. The third-order valence-corrected chi connectivity index (χ3v) is 7.55.